The van der Waals surface area contributed by atoms with Gasteiger partial charge in [0.1, 0.15) is 18.0 Å². The molecule has 0 bridgehead atoms. The number of fused-ring (bicyclic) bond motifs is 10. The zero-order valence-corrected chi connectivity index (χ0v) is 34.3. The van der Waals surface area contributed by atoms with Crippen LogP contribution in [-0.4, -0.2) is 50.0 Å². The topological polar surface area (TPSA) is 113 Å². The highest BCUT2D eigenvalue weighted by Crippen LogP contribution is 2.66. The summed E-state index contributed by atoms with van der Waals surface area (Å²) in [5, 5.41) is 0. The molecule has 1 unspecified atom stereocenters. The number of ether oxygens (including phenoxy) is 2. The van der Waals surface area contributed by atoms with Gasteiger partial charge in [0.05, 0.1) is 6.10 Å². The van der Waals surface area contributed by atoms with Gasteiger partial charge in [-0.3, -0.25) is 18.6 Å². The minimum atomic E-state index is -5.60. The molecule has 0 spiro atoms. The molecule has 0 N–H and O–H groups in total. The number of carbonyl (C=O) groups excluding carboxylic acids is 3. The lowest BCUT2D eigenvalue weighted by atomic mass is 9.48. The molecule has 13 atom stereocenters. The van der Waals surface area contributed by atoms with Crippen LogP contribution >= 0.6 is 0 Å². The van der Waals surface area contributed by atoms with E-state index in [1.54, 1.807) is 0 Å². The molecule has 6 fully saturated rings. The molecule has 8 rings (SSSR count). The Balaban J connectivity index is 0.000000174. The molecule has 0 aromatic rings. The van der Waals surface area contributed by atoms with Gasteiger partial charge in [-0.2, -0.15) is 21.6 Å². The molecule has 12 heteroatoms. The van der Waals surface area contributed by atoms with Crippen molar-refractivity contribution in [3.63, 3.8) is 0 Å². The van der Waals surface area contributed by atoms with Crippen LogP contribution in [0.15, 0.2) is 23.3 Å². The first kappa shape index (κ1) is 41.0. The number of allylic oxidation sites excluding steroid dienone is 2. The van der Waals surface area contributed by atoms with E-state index >= 15 is 0 Å². The number of alkyl halides is 3. The van der Waals surface area contributed by atoms with Gasteiger partial charge < -0.3 is 9.47 Å². The van der Waals surface area contributed by atoms with Crippen LogP contribution in [0.2, 0.25) is 0 Å². The molecule has 8 aliphatic carbocycles. The average Bonchev–Trinajstić information content (AvgIpc) is 3.59. The average molecular weight is 795 g/mol. The van der Waals surface area contributed by atoms with E-state index in [9.17, 15) is 36.0 Å². The summed E-state index contributed by atoms with van der Waals surface area (Å²) in [6.45, 7) is 11.8. The summed E-state index contributed by atoms with van der Waals surface area (Å²) in [5.74, 6) is 2.92. The highest BCUT2D eigenvalue weighted by molar-refractivity contribution is 7.87. The minimum absolute atomic E-state index is 0.00210. The first-order chi connectivity index (χ1) is 25.6. The smallest absolute Gasteiger partial charge is 0.462 e. The van der Waals surface area contributed by atoms with Crippen molar-refractivity contribution in [2.24, 2.45) is 57.2 Å². The molecule has 0 saturated heterocycles. The van der Waals surface area contributed by atoms with Crippen LogP contribution in [0, 0.1) is 57.2 Å². The van der Waals surface area contributed by atoms with E-state index in [2.05, 4.69) is 32.9 Å². The van der Waals surface area contributed by atoms with Gasteiger partial charge in [0, 0.05) is 38.5 Å². The van der Waals surface area contributed by atoms with Crippen molar-refractivity contribution in [1.82, 2.24) is 0 Å². The molecule has 8 nitrogen and oxygen atoms in total. The molecule has 0 aliphatic heterocycles. The van der Waals surface area contributed by atoms with E-state index in [1.807, 2.05) is 6.92 Å². The number of hydrogen-bond donors (Lipinski definition) is 0. The summed E-state index contributed by atoms with van der Waals surface area (Å²) in [5.41, 5.74) is -2.90. The number of hydrogen-bond acceptors (Lipinski definition) is 8. The maximum Gasteiger partial charge on any atom is 0.523 e. The molecular formula is C43H61F3O8S. The number of esters is 2. The molecule has 0 radical (unpaired) electrons. The third kappa shape index (κ3) is 6.96. The van der Waals surface area contributed by atoms with Crippen LogP contribution in [0.1, 0.15) is 144 Å². The molecule has 308 valence electrons. The summed E-state index contributed by atoms with van der Waals surface area (Å²) in [6, 6.07) is 0. The van der Waals surface area contributed by atoms with Gasteiger partial charge in [0.15, 0.2) is 0 Å². The predicted octanol–water partition coefficient (Wildman–Crippen LogP) is 9.57. The van der Waals surface area contributed by atoms with Crippen molar-refractivity contribution in [2.75, 3.05) is 0 Å². The third-order valence-corrected chi connectivity index (χ3v) is 18.0. The maximum atomic E-state index is 12.9. The van der Waals surface area contributed by atoms with E-state index in [1.165, 1.54) is 31.4 Å². The summed E-state index contributed by atoms with van der Waals surface area (Å²) < 4.78 is 77.7. The number of ketones is 1. The Hall–Kier alpha value is -2.21. The van der Waals surface area contributed by atoms with Gasteiger partial charge in [-0.25, -0.2) is 0 Å². The number of carbonyl (C=O) groups is 3. The summed E-state index contributed by atoms with van der Waals surface area (Å²) in [7, 11) is -5.60. The van der Waals surface area contributed by atoms with Crippen molar-refractivity contribution in [3.8, 4) is 0 Å². The van der Waals surface area contributed by atoms with Crippen molar-refractivity contribution < 1.29 is 49.6 Å². The quantitative estimate of drug-likeness (QED) is 0.120. The second-order valence-electron chi connectivity index (χ2n) is 19.5. The second-order valence-corrected chi connectivity index (χ2v) is 21.1. The molecule has 0 aromatic heterocycles. The van der Waals surface area contributed by atoms with E-state index < -0.39 is 27.1 Å². The molecule has 0 amide bonds. The van der Waals surface area contributed by atoms with E-state index in [4.69, 9.17) is 13.7 Å². The Labute approximate surface area is 325 Å². The zero-order valence-electron chi connectivity index (χ0n) is 33.5. The molecule has 6 saturated carbocycles. The lowest BCUT2D eigenvalue weighted by Crippen LogP contribution is -2.52. The van der Waals surface area contributed by atoms with Crippen LogP contribution in [0.4, 0.5) is 13.2 Å². The first-order valence-corrected chi connectivity index (χ1v) is 22.3. The third-order valence-electron chi connectivity index (χ3n) is 16.9. The lowest BCUT2D eigenvalue weighted by molar-refractivity contribution is -0.149. The Bertz CT molecular complexity index is 1740. The lowest BCUT2D eigenvalue weighted by Gasteiger charge is -2.57. The summed E-state index contributed by atoms with van der Waals surface area (Å²) in [4.78, 5) is 35.1. The van der Waals surface area contributed by atoms with Crippen molar-refractivity contribution in [3.05, 3.63) is 23.3 Å². The second kappa shape index (κ2) is 14.3. The predicted molar refractivity (Wildman–Crippen MR) is 199 cm³/mol. The first-order valence-electron chi connectivity index (χ1n) is 20.9. The van der Waals surface area contributed by atoms with Gasteiger partial charge in [-0.15, -0.1) is 0 Å². The van der Waals surface area contributed by atoms with Crippen molar-refractivity contribution in [1.29, 1.82) is 0 Å². The van der Waals surface area contributed by atoms with Gasteiger partial charge in [0.25, 0.3) is 0 Å². The van der Waals surface area contributed by atoms with Gasteiger partial charge in [-0.05, 0) is 135 Å². The fourth-order valence-electron chi connectivity index (χ4n) is 14.0. The molecule has 0 aromatic carbocycles. The van der Waals surface area contributed by atoms with Crippen LogP contribution in [0.25, 0.3) is 0 Å². The minimum Gasteiger partial charge on any atom is -0.462 e. The molecule has 55 heavy (non-hydrogen) atoms. The van der Waals surface area contributed by atoms with Crippen LogP contribution in [0.5, 0.6) is 0 Å². The SMILES string of the molecule is CC(=O)O[C@H]1CC[C@@]2(C)C(=CC[C@@H]3[C@@H]2CC[C@]2(C)C(=O)CC[C@@H]32)C1.CC(=O)O[C@H]1CC[C@@]2(C)C(=CC[C@@H]3[C@@H]2CC[C@]2(C)C(OS(=O)(=O)C(F)(F)F)CC[C@@H]32)C1. The Morgan fingerprint density at radius 3 is 1.65 bits per heavy atom. The fraction of sp³-hybridized carbons (Fsp3) is 0.837. The Morgan fingerprint density at radius 1 is 0.673 bits per heavy atom. The number of Topliss-reactive ketones (excluding diaryl/α,β-unsaturated/α-hetero) is 1. The Kier molecular flexibility index (Phi) is 10.6. The van der Waals surface area contributed by atoms with E-state index in [0.717, 1.165) is 77.0 Å². The van der Waals surface area contributed by atoms with Gasteiger partial charge in [-0.1, -0.05) is 51.0 Å². The van der Waals surface area contributed by atoms with Gasteiger partial charge >= 0.3 is 27.6 Å². The molecule has 0 heterocycles. The summed E-state index contributed by atoms with van der Waals surface area (Å²) in [6.07, 6.45) is 17.9. The highest BCUT2D eigenvalue weighted by Gasteiger charge is 2.62. The van der Waals surface area contributed by atoms with Crippen molar-refractivity contribution >= 4 is 27.8 Å². The maximum absolute atomic E-state index is 12.9. The molecule has 8 aliphatic rings. The zero-order chi connectivity index (χ0) is 39.9. The van der Waals surface area contributed by atoms with Crippen LogP contribution in [0.3, 0.4) is 0 Å². The van der Waals surface area contributed by atoms with E-state index in [0.29, 0.717) is 54.6 Å². The Morgan fingerprint density at radius 2 is 1.15 bits per heavy atom. The highest BCUT2D eigenvalue weighted by atomic mass is 32.2. The number of rotatable bonds is 4. The molecular weight excluding hydrogens is 734 g/mol. The normalized spacial score (nSPS) is 44.7. The number of halogens is 3. The fourth-order valence-corrected chi connectivity index (χ4v) is 14.7. The van der Waals surface area contributed by atoms with Crippen molar-refractivity contribution in [2.45, 2.75) is 168 Å². The standard InChI is InChI=1S/C22H31F3O5S.C21H30O3/c1-13(26)29-15-8-10-20(2)14(12-15)4-5-16-17-6-7-19(21(17,3)11-9-18(16)20)30-31(27,28)22(23,24)25;1-13(22)24-15-8-10-20(2)14(12-15)4-5-16-17-6-7-19(23)21(17,3)11-9-18(16)20/h4,15-19H,5-12H2,1-3H3;4,15-18H,5-12H2,1-3H3/t15-,16-,17-,18-,19?,20-,21-;15-,16-,17-,18-,20-,21-/m00/s1. The van der Waals surface area contributed by atoms with Gasteiger partial charge in [0.2, 0.25) is 0 Å². The van der Waals surface area contributed by atoms with E-state index in [-0.39, 0.29) is 46.3 Å². The van der Waals surface area contributed by atoms with Crippen LogP contribution in [-0.2, 0) is 38.2 Å². The van der Waals surface area contributed by atoms with Crippen LogP contribution < -0.4 is 0 Å². The largest absolute Gasteiger partial charge is 0.523 e. The monoisotopic (exact) mass is 794 g/mol. The summed E-state index contributed by atoms with van der Waals surface area (Å²) >= 11 is 0.